The summed E-state index contributed by atoms with van der Waals surface area (Å²) in [6.07, 6.45) is 8.90. The first-order valence-corrected chi connectivity index (χ1v) is 10.3. The summed E-state index contributed by atoms with van der Waals surface area (Å²) in [5.74, 6) is 1.06. The monoisotopic (exact) mass is 380 g/mol. The second-order valence-electron chi connectivity index (χ2n) is 7.94. The van der Waals surface area contributed by atoms with Crippen LogP contribution in [0.25, 0.3) is 0 Å². The van der Waals surface area contributed by atoms with Crippen molar-refractivity contribution >= 4 is 29.1 Å². The van der Waals surface area contributed by atoms with Crippen LogP contribution >= 0.6 is 23.2 Å². The Balaban J connectivity index is 1.42. The van der Waals surface area contributed by atoms with Crippen molar-refractivity contribution in [2.24, 2.45) is 5.92 Å². The van der Waals surface area contributed by atoms with E-state index in [1.54, 1.807) is 0 Å². The second kappa shape index (κ2) is 7.09. The zero-order chi connectivity index (χ0) is 17.4. The van der Waals surface area contributed by atoms with Gasteiger partial charge in [-0.15, -0.1) is 0 Å². The topological polar surface area (TPSA) is 32.3 Å². The smallest absolute Gasteiger partial charge is 0.223 e. The minimum absolute atomic E-state index is 0.176. The first-order chi connectivity index (χ1) is 12.1. The zero-order valence-electron chi connectivity index (χ0n) is 14.6. The largest absolute Gasteiger partial charge is 0.337 e. The maximum absolute atomic E-state index is 12.5. The van der Waals surface area contributed by atoms with Gasteiger partial charge in [-0.25, -0.2) is 0 Å². The maximum Gasteiger partial charge on any atom is 0.223 e. The van der Waals surface area contributed by atoms with Crippen molar-refractivity contribution in [3.8, 4) is 0 Å². The Kier molecular flexibility index (Phi) is 5.00. The number of nitrogens with one attached hydrogen (secondary N) is 1. The molecule has 0 unspecified atom stereocenters. The van der Waals surface area contributed by atoms with Gasteiger partial charge in [0.2, 0.25) is 5.91 Å². The minimum Gasteiger partial charge on any atom is -0.337 e. The van der Waals surface area contributed by atoms with Crippen LogP contribution in [-0.4, -0.2) is 28.9 Å². The molecular weight excluding hydrogens is 355 g/mol. The normalized spacial score (nSPS) is 32.2. The quantitative estimate of drug-likeness (QED) is 0.816. The molecule has 0 bridgehead atoms. The van der Waals surface area contributed by atoms with Crippen LogP contribution in [0.2, 0.25) is 10.0 Å². The molecule has 1 N–H and O–H groups in total. The standard InChI is InChI=1S/C20H26Cl2N2O/c21-17-6-5-14(11-18(17)22)13-23-16-7-9-20-8-2-10-24(20)19(25)4-1-3-15(20)12-16/h5-6,11,15-16,23H,1-4,7-10,12-13H2/t15-,16+,20+/m0/s1. The summed E-state index contributed by atoms with van der Waals surface area (Å²) in [5, 5.41) is 4.94. The molecule has 1 aromatic rings. The van der Waals surface area contributed by atoms with Crippen LogP contribution in [0.3, 0.4) is 0 Å². The van der Waals surface area contributed by atoms with Gasteiger partial charge in [0.05, 0.1) is 10.0 Å². The Hall–Kier alpha value is -0.770. The molecule has 3 aliphatic rings. The summed E-state index contributed by atoms with van der Waals surface area (Å²) >= 11 is 12.1. The first kappa shape index (κ1) is 17.6. The van der Waals surface area contributed by atoms with Gasteiger partial charge < -0.3 is 10.2 Å². The number of carbonyl (C=O) groups excluding carboxylic acids is 1. The van der Waals surface area contributed by atoms with E-state index in [0.717, 1.165) is 38.8 Å². The van der Waals surface area contributed by atoms with E-state index in [2.05, 4.69) is 10.2 Å². The highest BCUT2D eigenvalue weighted by Crippen LogP contribution is 2.49. The van der Waals surface area contributed by atoms with Crippen LogP contribution in [0.15, 0.2) is 18.2 Å². The molecule has 1 amide bonds. The Morgan fingerprint density at radius 2 is 2.04 bits per heavy atom. The van der Waals surface area contributed by atoms with Gasteiger partial charge in [0, 0.05) is 31.1 Å². The fraction of sp³-hybridized carbons (Fsp3) is 0.650. The van der Waals surface area contributed by atoms with Gasteiger partial charge in [-0.2, -0.15) is 0 Å². The lowest BCUT2D eigenvalue weighted by Crippen LogP contribution is -2.55. The Morgan fingerprint density at radius 1 is 1.16 bits per heavy atom. The van der Waals surface area contributed by atoms with Crippen LogP contribution in [0, 0.1) is 5.92 Å². The van der Waals surface area contributed by atoms with Gasteiger partial charge in [-0.05, 0) is 68.6 Å². The molecule has 4 rings (SSSR count). The average molecular weight is 381 g/mol. The molecule has 1 saturated carbocycles. The van der Waals surface area contributed by atoms with Crippen LogP contribution in [0.5, 0.6) is 0 Å². The van der Waals surface area contributed by atoms with Crippen LogP contribution in [0.1, 0.15) is 56.9 Å². The van der Waals surface area contributed by atoms with Crippen molar-refractivity contribution in [3.63, 3.8) is 0 Å². The molecule has 2 aliphatic heterocycles. The number of hydrogen-bond donors (Lipinski definition) is 1. The van der Waals surface area contributed by atoms with E-state index in [1.807, 2.05) is 18.2 Å². The summed E-state index contributed by atoms with van der Waals surface area (Å²) < 4.78 is 0. The SMILES string of the molecule is O=C1CCC[C@H]2C[C@H](NCc3ccc(Cl)c(Cl)c3)CC[C@]23CCCN13. The summed E-state index contributed by atoms with van der Waals surface area (Å²) in [6.45, 7) is 1.81. The average Bonchev–Trinajstić information content (AvgIpc) is 2.97. The van der Waals surface area contributed by atoms with Gasteiger partial charge in [0.15, 0.2) is 0 Å². The highest BCUT2D eigenvalue weighted by molar-refractivity contribution is 6.42. The molecule has 1 spiro atoms. The molecule has 1 aliphatic carbocycles. The van der Waals surface area contributed by atoms with E-state index in [1.165, 1.54) is 31.2 Å². The van der Waals surface area contributed by atoms with E-state index in [0.29, 0.717) is 27.9 Å². The van der Waals surface area contributed by atoms with Crippen LogP contribution < -0.4 is 5.32 Å². The van der Waals surface area contributed by atoms with Gasteiger partial charge in [0.1, 0.15) is 0 Å². The third-order valence-corrected chi connectivity index (χ3v) is 7.35. The van der Waals surface area contributed by atoms with Crippen molar-refractivity contribution in [1.82, 2.24) is 10.2 Å². The molecule has 3 atom stereocenters. The number of benzene rings is 1. The number of nitrogens with zero attached hydrogens (tertiary/aromatic N) is 1. The van der Waals surface area contributed by atoms with E-state index in [9.17, 15) is 4.79 Å². The number of hydrogen-bond acceptors (Lipinski definition) is 2. The molecule has 25 heavy (non-hydrogen) atoms. The fourth-order valence-corrected chi connectivity index (χ4v) is 5.71. The lowest BCUT2D eigenvalue weighted by Gasteiger charge is -2.48. The highest BCUT2D eigenvalue weighted by Gasteiger charge is 2.52. The van der Waals surface area contributed by atoms with E-state index in [-0.39, 0.29) is 5.54 Å². The van der Waals surface area contributed by atoms with E-state index in [4.69, 9.17) is 23.2 Å². The number of carbonyl (C=O) groups is 1. The predicted molar refractivity (Wildman–Crippen MR) is 102 cm³/mol. The number of halogens is 2. The van der Waals surface area contributed by atoms with Crippen molar-refractivity contribution in [2.75, 3.05) is 6.54 Å². The molecular formula is C20H26Cl2N2O. The second-order valence-corrected chi connectivity index (χ2v) is 8.76. The zero-order valence-corrected chi connectivity index (χ0v) is 16.1. The van der Waals surface area contributed by atoms with Gasteiger partial charge in [-0.1, -0.05) is 29.3 Å². The Labute approximate surface area is 160 Å². The summed E-state index contributed by atoms with van der Waals surface area (Å²) in [5.41, 5.74) is 1.35. The van der Waals surface area contributed by atoms with Crippen LogP contribution in [0.4, 0.5) is 0 Å². The molecule has 0 radical (unpaired) electrons. The molecule has 2 saturated heterocycles. The summed E-state index contributed by atoms with van der Waals surface area (Å²) in [4.78, 5) is 14.7. The highest BCUT2D eigenvalue weighted by atomic mass is 35.5. The van der Waals surface area contributed by atoms with Crippen LogP contribution in [-0.2, 0) is 11.3 Å². The molecule has 0 aromatic heterocycles. The predicted octanol–water partition coefficient (Wildman–Crippen LogP) is 4.80. The van der Waals surface area contributed by atoms with Gasteiger partial charge in [0.25, 0.3) is 0 Å². The van der Waals surface area contributed by atoms with Crippen molar-refractivity contribution in [1.29, 1.82) is 0 Å². The Morgan fingerprint density at radius 3 is 2.88 bits per heavy atom. The molecule has 5 heteroatoms. The number of rotatable bonds is 3. The third kappa shape index (κ3) is 3.31. The van der Waals surface area contributed by atoms with Crippen molar-refractivity contribution in [2.45, 2.75) is 69.5 Å². The first-order valence-electron chi connectivity index (χ1n) is 9.56. The lowest BCUT2D eigenvalue weighted by molar-refractivity contribution is -0.137. The molecule has 136 valence electrons. The van der Waals surface area contributed by atoms with Gasteiger partial charge >= 0.3 is 0 Å². The fourth-order valence-electron chi connectivity index (χ4n) is 5.39. The maximum atomic E-state index is 12.5. The minimum atomic E-state index is 0.176. The summed E-state index contributed by atoms with van der Waals surface area (Å²) in [7, 11) is 0. The molecule has 3 fully saturated rings. The molecule has 1 aromatic carbocycles. The van der Waals surface area contributed by atoms with Crippen molar-refractivity contribution in [3.05, 3.63) is 33.8 Å². The van der Waals surface area contributed by atoms with Crippen molar-refractivity contribution < 1.29 is 4.79 Å². The molecule has 2 heterocycles. The van der Waals surface area contributed by atoms with E-state index >= 15 is 0 Å². The molecule has 3 nitrogen and oxygen atoms in total. The van der Waals surface area contributed by atoms with Gasteiger partial charge in [-0.3, -0.25) is 4.79 Å². The van der Waals surface area contributed by atoms with E-state index < -0.39 is 0 Å². The lowest BCUT2D eigenvalue weighted by atomic mass is 9.68. The number of amides is 1. The Bertz CT molecular complexity index is 665. The third-order valence-electron chi connectivity index (χ3n) is 6.61. The summed E-state index contributed by atoms with van der Waals surface area (Å²) in [6, 6.07) is 6.38.